The summed E-state index contributed by atoms with van der Waals surface area (Å²) in [7, 11) is 0. The molecular formula is C17H29N3. The molecule has 1 aliphatic carbocycles. The number of hydrogen-bond acceptors (Lipinski definition) is 3. The van der Waals surface area contributed by atoms with E-state index in [1.807, 2.05) is 0 Å². The molecule has 2 rings (SSSR count). The Balaban J connectivity index is 2.12. The van der Waals surface area contributed by atoms with Crippen molar-refractivity contribution in [2.45, 2.75) is 83.6 Å². The van der Waals surface area contributed by atoms with Crippen LogP contribution in [0, 0.1) is 6.92 Å². The summed E-state index contributed by atoms with van der Waals surface area (Å²) in [4.78, 5) is 9.54. The van der Waals surface area contributed by atoms with Gasteiger partial charge in [-0.1, -0.05) is 39.0 Å². The first-order chi connectivity index (χ1) is 9.69. The van der Waals surface area contributed by atoms with Crippen LogP contribution in [0.2, 0.25) is 0 Å². The van der Waals surface area contributed by atoms with Crippen LogP contribution in [0.15, 0.2) is 6.07 Å². The van der Waals surface area contributed by atoms with Gasteiger partial charge in [0.1, 0.15) is 5.82 Å². The van der Waals surface area contributed by atoms with Gasteiger partial charge in [0.05, 0.1) is 0 Å². The van der Waals surface area contributed by atoms with Crippen LogP contribution < -0.4 is 5.73 Å². The van der Waals surface area contributed by atoms with Crippen LogP contribution >= 0.6 is 0 Å². The molecule has 1 heterocycles. The summed E-state index contributed by atoms with van der Waals surface area (Å²) in [6.45, 7) is 4.21. The number of aromatic nitrogens is 2. The molecule has 1 unspecified atom stereocenters. The predicted octanol–water partition coefficient (Wildman–Crippen LogP) is 3.89. The molecule has 3 heteroatoms. The van der Waals surface area contributed by atoms with Crippen molar-refractivity contribution < 1.29 is 0 Å². The first-order valence-electron chi connectivity index (χ1n) is 8.29. The number of nitrogens with zero attached hydrogens (tertiary/aromatic N) is 2. The zero-order valence-corrected chi connectivity index (χ0v) is 13.1. The van der Waals surface area contributed by atoms with Crippen molar-refractivity contribution in [3.05, 3.63) is 23.3 Å². The zero-order valence-electron chi connectivity index (χ0n) is 13.1. The lowest BCUT2D eigenvalue weighted by Crippen LogP contribution is -2.22. The Morgan fingerprint density at radius 1 is 1.15 bits per heavy atom. The lowest BCUT2D eigenvalue weighted by molar-refractivity contribution is 0.440. The van der Waals surface area contributed by atoms with Gasteiger partial charge in [0.25, 0.3) is 0 Å². The Morgan fingerprint density at radius 2 is 1.80 bits per heavy atom. The summed E-state index contributed by atoms with van der Waals surface area (Å²) in [5.74, 6) is 1.64. The van der Waals surface area contributed by atoms with E-state index < -0.39 is 0 Å². The summed E-state index contributed by atoms with van der Waals surface area (Å²) >= 11 is 0. The summed E-state index contributed by atoms with van der Waals surface area (Å²) in [5.41, 5.74) is 8.29. The smallest absolute Gasteiger partial charge is 0.131 e. The minimum absolute atomic E-state index is 0.217. The van der Waals surface area contributed by atoms with Gasteiger partial charge < -0.3 is 5.73 Å². The first kappa shape index (κ1) is 15.4. The number of aryl methyl sites for hydroxylation is 1. The van der Waals surface area contributed by atoms with E-state index in [1.165, 1.54) is 44.9 Å². The Bertz CT molecular complexity index is 409. The van der Waals surface area contributed by atoms with Gasteiger partial charge in [-0.15, -0.1) is 0 Å². The van der Waals surface area contributed by atoms with Gasteiger partial charge in [0.15, 0.2) is 0 Å². The van der Waals surface area contributed by atoms with Gasteiger partial charge in [0, 0.05) is 29.8 Å². The van der Waals surface area contributed by atoms with E-state index in [0.29, 0.717) is 5.92 Å². The zero-order chi connectivity index (χ0) is 14.4. The summed E-state index contributed by atoms with van der Waals surface area (Å²) in [6, 6.07) is 2.32. The van der Waals surface area contributed by atoms with Gasteiger partial charge in [-0.05, 0) is 32.3 Å². The monoisotopic (exact) mass is 275 g/mol. The Kier molecular flexibility index (Phi) is 5.96. The Morgan fingerprint density at radius 3 is 2.45 bits per heavy atom. The van der Waals surface area contributed by atoms with E-state index in [4.69, 9.17) is 15.7 Å². The maximum Gasteiger partial charge on any atom is 0.131 e. The van der Waals surface area contributed by atoms with E-state index in [9.17, 15) is 0 Å². The van der Waals surface area contributed by atoms with Crippen LogP contribution in [0.3, 0.4) is 0 Å². The second-order valence-corrected chi connectivity index (χ2v) is 6.27. The van der Waals surface area contributed by atoms with Gasteiger partial charge in [-0.3, -0.25) is 0 Å². The predicted molar refractivity (Wildman–Crippen MR) is 83.8 cm³/mol. The molecule has 1 aromatic rings. The highest BCUT2D eigenvalue weighted by Gasteiger charge is 2.17. The minimum Gasteiger partial charge on any atom is -0.327 e. The topological polar surface area (TPSA) is 51.8 Å². The van der Waals surface area contributed by atoms with Gasteiger partial charge >= 0.3 is 0 Å². The SMILES string of the molecule is CCC(N)Cc1cc(C)nc(C2CCCCCCC2)n1. The van der Waals surface area contributed by atoms with Gasteiger partial charge in [-0.25, -0.2) is 9.97 Å². The molecule has 0 saturated heterocycles. The molecule has 1 fully saturated rings. The minimum atomic E-state index is 0.217. The molecule has 1 saturated carbocycles. The van der Waals surface area contributed by atoms with Crippen molar-refractivity contribution >= 4 is 0 Å². The lowest BCUT2D eigenvalue weighted by Gasteiger charge is -2.19. The van der Waals surface area contributed by atoms with Crippen molar-refractivity contribution in [3.8, 4) is 0 Å². The molecule has 0 amide bonds. The van der Waals surface area contributed by atoms with Crippen LogP contribution in [-0.4, -0.2) is 16.0 Å². The van der Waals surface area contributed by atoms with Crippen LogP contribution in [0.4, 0.5) is 0 Å². The van der Waals surface area contributed by atoms with Crippen molar-refractivity contribution in [2.24, 2.45) is 5.73 Å². The van der Waals surface area contributed by atoms with E-state index >= 15 is 0 Å². The molecule has 20 heavy (non-hydrogen) atoms. The molecule has 112 valence electrons. The van der Waals surface area contributed by atoms with Crippen molar-refractivity contribution in [1.82, 2.24) is 9.97 Å². The van der Waals surface area contributed by atoms with Crippen molar-refractivity contribution in [2.75, 3.05) is 0 Å². The molecule has 2 N–H and O–H groups in total. The fourth-order valence-corrected chi connectivity index (χ4v) is 3.07. The molecule has 1 aromatic heterocycles. The number of hydrogen-bond donors (Lipinski definition) is 1. The molecule has 1 aliphatic rings. The third-order valence-corrected chi connectivity index (χ3v) is 4.39. The van der Waals surface area contributed by atoms with Gasteiger partial charge in [0.2, 0.25) is 0 Å². The van der Waals surface area contributed by atoms with E-state index in [2.05, 4.69) is 19.9 Å². The van der Waals surface area contributed by atoms with E-state index in [1.54, 1.807) is 0 Å². The number of nitrogens with two attached hydrogens (primary N) is 1. The lowest BCUT2D eigenvalue weighted by atomic mass is 9.90. The van der Waals surface area contributed by atoms with Crippen LogP contribution in [-0.2, 0) is 6.42 Å². The van der Waals surface area contributed by atoms with E-state index in [-0.39, 0.29) is 6.04 Å². The quantitative estimate of drug-likeness (QED) is 0.907. The second-order valence-electron chi connectivity index (χ2n) is 6.27. The largest absolute Gasteiger partial charge is 0.327 e. The van der Waals surface area contributed by atoms with Crippen LogP contribution in [0.1, 0.15) is 81.4 Å². The highest BCUT2D eigenvalue weighted by atomic mass is 14.9. The highest BCUT2D eigenvalue weighted by Crippen LogP contribution is 2.29. The molecule has 1 atom stereocenters. The average molecular weight is 275 g/mol. The first-order valence-corrected chi connectivity index (χ1v) is 8.29. The van der Waals surface area contributed by atoms with Gasteiger partial charge in [-0.2, -0.15) is 0 Å². The third kappa shape index (κ3) is 4.55. The Hall–Kier alpha value is -0.960. The van der Waals surface area contributed by atoms with Crippen LogP contribution in [0.25, 0.3) is 0 Å². The molecule has 0 aromatic carbocycles. The molecule has 0 spiro atoms. The fraction of sp³-hybridized carbons (Fsp3) is 0.765. The molecule has 0 aliphatic heterocycles. The molecule has 0 bridgehead atoms. The van der Waals surface area contributed by atoms with Crippen LogP contribution in [0.5, 0.6) is 0 Å². The fourth-order valence-electron chi connectivity index (χ4n) is 3.07. The second kappa shape index (κ2) is 7.72. The standard InChI is InChI=1S/C17H29N3/c1-3-15(18)12-16-11-13(2)19-17(20-16)14-9-7-5-4-6-8-10-14/h11,14-15H,3-10,12,18H2,1-2H3. The summed E-state index contributed by atoms with van der Waals surface area (Å²) < 4.78 is 0. The normalized spacial score (nSPS) is 19.4. The molecule has 3 nitrogen and oxygen atoms in total. The Labute approximate surface area is 123 Å². The molecule has 0 radical (unpaired) electrons. The summed E-state index contributed by atoms with van der Waals surface area (Å²) in [6.07, 6.45) is 11.2. The average Bonchev–Trinajstić information content (AvgIpc) is 2.37. The third-order valence-electron chi connectivity index (χ3n) is 4.39. The maximum absolute atomic E-state index is 6.07. The van der Waals surface area contributed by atoms with Crippen molar-refractivity contribution in [3.63, 3.8) is 0 Å². The van der Waals surface area contributed by atoms with Crippen molar-refractivity contribution in [1.29, 1.82) is 0 Å². The van der Waals surface area contributed by atoms with E-state index in [0.717, 1.165) is 30.1 Å². The molecular weight excluding hydrogens is 246 g/mol. The highest BCUT2D eigenvalue weighted by molar-refractivity contribution is 5.13. The maximum atomic E-state index is 6.07. The summed E-state index contributed by atoms with van der Waals surface area (Å²) in [5, 5.41) is 0. The number of rotatable bonds is 4.